The highest BCUT2D eigenvalue weighted by atomic mass is 16.5. The Morgan fingerprint density at radius 1 is 1.11 bits per heavy atom. The van der Waals surface area contributed by atoms with Crippen molar-refractivity contribution in [3.63, 3.8) is 0 Å². The van der Waals surface area contributed by atoms with Crippen LogP contribution in [0.15, 0.2) is 18.2 Å². The van der Waals surface area contributed by atoms with Crippen molar-refractivity contribution in [1.82, 2.24) is 5.32 Å². The molecule has 1 saturated carbocycles. The van der Waals surface area contributed by atoms with E-state index >= 15 is 0 Å². The van der Waals surface area contributed by atoms with Crippen molar-refractivity contribution in [1.29, 1.82) is 0 Å². The first-order valence-electron chi connectivity index (χ1n) is 7.25. The van der Waals surface area contributed by atoms with E-state index in [-0.39, 0.29) is 0 Å². The topological polar surface area (TPSA) is 30.5 Å². The summed E-state index contributed by atoms with van der Waals surface area (Å²) < 4.78 is 10.6. The van der Waals surface area contributed by atoms with Gasteiger partial charge in [0.1, 0.15) is 0 Å². The Morgan fingerprint density at radius 3 is 2.58 bits per heavy atom. The average molecular weight is 263 g/mol. The molecular formula is C16H25NO2. The van der Waals surface area contributed by atoms with Crippen LogP contribution in [0.3, 0.4) is 0 Å². The Hall–Kier alpha value is -1.22. The summed E-state index contributed by atoms with van der Waals surface area (Å²) in [7, 11) is 3.35. The van der Waals surface area contributed by atoms with E-state index in [1.54, 1.807) is 14.2 Å². The van der Waals surface area contributed by atoms with Crippen molar-refractivity contribution in [3.8, 4) is 11.5 Å². The molecular weight excluding hydrogens is 238 g/mol. The SMILES string of the molecule is COc1ccc(CCCCNCC2CC2)cc1OC. The predicted molar refractivity (Wildman–Crippen MR) is 78.1 cm³/mol. The zero-order valence-corrected chi connectivity index (χ0v) is 12.1. The largest absolute Gasteiger partial charge is 0.493 e. The lowest BCUT2D eigenvalue weighted by molar-refractivity contribution is 0.354. The molecule has 1 aliphatic rings. The standard InChI is InChI=1S/C16H25NO2/c1-18-15-9-8-13(11-16(15)19-2)5-3-4-10-17-12-14-6-7-14/h8-9,11,14,17H,3-7,10,12H2,1-2H3. The number of hydrogen-bond donors (Lipinski definition) is 1. The van der Waals surface area contributed by atoms with Crippen LogP contribution in [-0.4, -0.2) is 27.3 Å². The summed E-state index contributed by atoms with van der Waals surface area (Å²) in [6.07, 6.45) is 6.41. The van der Waals surface area contributed by atoms with Crippen molar-refractivity contribution in [2.45, 2.75) is 32.1 Å². The Bertz CT molecular complexity index is 388. The number of unbranched alkanes of at least 4 members (excludes halogenated alkanes) is 1. The highest BCUT2D eigenvalue weighted by Crippen LogP contribution is 2.28. The molecule has 3 nitrogen and oxygen atoms in total. The number of methoxy groups -OCH3 is 2. The zero-order valence-electron chi connectivity index (χ0n) is 12.1. The summed E-state index contributed by atoms with van der Waals surface area (Å²) >= 11 is 0. The molecule has 0 heterocycles. The maximum atomic E-state index is 5.32. The highest BCUT2D eigenvalue weighted by molar-refractivity contribution is 5.42. The third kappa shape index (κ3) is 4.75. The Labute approximate surface area is 116 Å². The van der Waals surface area contributed by atoms with Crippen molar-refractivity contribution >= 4 is 0 Å². The lowest BCUT2D eigenvalue weighted by atomic mass is 10.1. The van der Waals surface area contributed by atoms with Gasteiger partial charge >= 0.3 is 0 Å². The van der Waals surface area contributed by atoms with Crippen LogP contribution in [-0.2, 0) is 6.42 Å². The molecule has 1 aliphatic carbocycles. The van der Waals surface area contributed by atoms with E-state index in [1.165, 1.54) is 37.8 Å². The van der Waals surface area contributed by atoms with E-state index in [1.807, 2.05) is 6.07 Å². The molecule has 1 aromatic rings. The number of benzene rings is 1. The number of ether oxygens (including phenoxy) is 2. The van der Waals surface area contributed by atoms with Gasteiger partial charge in [0.2, 0.25) is 0 Å². The van der Waals surface area contributed by atoms with Gasteiger partial charge in [0.15, 0.2) is 11.5 Å². The molecule has 19 heavy (non-hydrogen) atoms. The second-order valence-corrected chi connectivity index (χ2v) is 5.29. The summed E-state index contributed by atoms with van der Waals surface area (Å²) in [6.45, 7) is 2.36. The van der Waals surface area contributed by atoms with Gasteiger partial charge in [0.05, 0.1) is 14.2 Å². The molecule has 1 fully saturated rings. The van der Waals surface area contributed by atoms with E-state index in [0.29, 0.717) is 0 Å². The molecule has 0 bridgehead atoms. The van der Waals surface area contributed by atoms with Gasteiger partial charge in [0.25, 0.3) is 0 Å². The van der Waals surface area contributed by atoms with Gasteiger partial charge in [0, 0.05) is 0 Å². The first kappa shape index (κ1) is 14.2. The maximum Gasteiger partial charge on any atom is 0.160 e. The zero-order chi connectivity index (χ0) is 13.5. The summed E-state index contributed by atoms with van der Waals surface area (Å²) in [5, 5.41) is 3.53. The fourth-order valence-corrected chi connectivity index (χ4v) is 2.24. The minimum absolute atomic E-state index is 0.803. The summed E-state index contributed by atoms with van der Waals surface area (Å²) in [5.41, 5.74) is 1.32. The first-order chi connectivity index (χ1) is 9.33. The van der Waals surface area contributed by atoms with Crippen LogP contribution in [0, 0.1) is 5.92 Å². The minimum atomic E-state index is 0.803. The number of nitrogens with one attached hydrogen (secondary N) is 1. The van der Waals surface area contributed by atoms with Gasteiger partial charge < -0.3 is 14.8 Å². The fraction of sp³-hybridized carbons (Fsp3) is 0.625. The molecule has 0 saturated heterocycles. The van der Waals surface area contributed by atoms with Crippen molar-refractivity contribution < 1.29 is 9.47 Å². The highest BCUT2D eigenvalue weighted by Gasteiger charge is 2.19. The van der Waals surface area contributed by atoms with Gasteiger partial charge in [-0.1, -0.05) is 6.07 Å². The van der Waals surface area contributed by atoms with E-state index in [9.17, 15) is 0 Å². The van der Waals surface area contributed by atoms with Crippen LogP contribution in [0.4, 0.5) is 0 Å². The summed E-state index contributed by atoms with van der Waals surface area (Å²) in [4.78, 5) is 0. The number of aryl methyl sites for hydroxylation is 1. The summed E-state index contributed by atoms with van der Waals surface area (Å²) in [5.74, 6) is 2.61. The third-order valence-corrected chi connectivity index (χ3v) is 3.65. The van der Waals surface area contributed by atoms with Crippen LogP contribution >= 0.6 is 0 Å². The van der Waals surface area contributed by atoms with Gasteiger partial charge in [-0.2, -0.15) is 0 Å². The van der Waals surface area contributed by atoms with Gasteiger partial charge in [-0.15, -0.1) is 0 Å². The lowest BCUT2D eigenvalue weighted by Gasteiger charge is -2.09. The molecule has 0 spiro atoms. The molecule has 0 unspecified atom stereocenters. The normalized spacial score (nSPS) is 14.4. The van der Waals surface area contributed by atoms with Crippen LogP contribution < -0.4 is 14.8 Å². The molecule has 1 aromatic carbocycles. The maximum absolute atomic E-state index is 5.32. The molecule has 1 N–H and O–H groups in total. The average Bonchev–Trinajstić information content (AvgIpc) is 3.26. The van der Waals surface area contributed by atoms with E-state index in [0.717, 1.165) is 30.4 Å². The van der Waals surface area contributed by atoms with Crippen LogP contribution in [0.2, 0.25) is 0 Å². The second-order valence-electron chi connectivity index (χ2n) is 5.29. The molecule has 0 radical (unpaired) electrons. The predicted octanol–water partition coefficient (Wildman–Crippen LogP) is 3.03. The molecule has 0 aliphatic heterocycles. The number of rotatable bonds is 9. The van der Waals surface area contributed by atoms with Crippen molar-refractivity contribution in [2.75, 3.05) is 27.3 Å². The van der Waals surface area contributed by atoms with Crippen molar-refractivity contribution in [3.05, 3.63) is 23.8 Å². The Morgan fingerprint density at radius 2 is 1.89 bits per heavy atom. The van der Waals surface area contributed by atoms with Crippen molar-refractivity contribution in [2.24, 2.45) is 5.92 Å². The van der Waals surface area contributed by atoms with E-state index in [4.69, 9.17) is 9.47 Å². The summed E-state index contributed by atoms with van der Waals surface area (Å²) in [6, 6.07) is 6.19. The molecule has 2 rings (SSSR count). The monoisotopic (exact) mass is 263 g/mol. The first-order valence-corrected chi connectivity index (χ1v) is 7.25. The van der Waals surface area contributed by atoms with Gasteiger partial charge in [-0.25, -0.2) is 0 Å². The van der Waals surface area contributed by atoms with Crippen LogP contribution in [0.5, 0.6) is 11.5 Å². The molecule has 0 amide bonds. The number of hydrogen-bond acceptors (Lipinski definition) is 3. The van der Waals surface area contributed by atoms with E-state index < -0.39 is 0 Å². The molecule has 106 valence electrons. The molecule has 3 heteroatoms. The second kappa shape index (κ2) is 7.39. The van der Waals surface area contributed by atoms with Crippen LogP contribution in [0.25, 0.3) is 0 Å². The van der Waals surface area contributed by atoms with Gasteiger partial charge in [-0.3, -0.25) is 0 Å². The smallest absolute Gasteiger partial charge is 0.160 e. The lowest BCUT2D eigenvalue weighted by Crippen LogP contribution is -2.18. The third-order valence-electron chi connectivity index (χ3n) is 3.65. The fourth-order valence-electron chi connectivity index (χ4n) is 2.24. The minimum Gasteiger partial charge on any atom is -0.493 e. The Kier molecular flexibility index (Phi) is 5.52. The van der Waals surface area contributed by atoms with E-state index in [2.05, 4.69) is 17.4 Å². The molecule has 0 atom stereocenters. The molecule has 0 aromatic heterocycles. The quantitative estimate of drug-likeness (QED) is 0.695. The van der Waals surface area contributed by atoms with Crippen LogP contribution in [0.1, 0.15) is 31.2 Å². The van der Waals surface area contributed by atoms with Gasteiger partial charge in [-0.05, 0) is 68.8 Å². The Balaban J connectivity index is 1.66.